The topological polar surface area (TPSA) is 26.0 Å². The van der Waals surface area contributed by atoms with Crippen LogP contribution in [0.15, 0.2) is 10.5 Å². The molecule has 0 spiro atoms. The van der Waals surface area contributed by atoms with Crippen molar-refractivity contribution in [3.63, 3.8) is 0 Å². The summed E-state index contributed by atoms with van der Waals surface area (Å²) in [5, 5.41) is 1.10. The summed E-state index contributed by atoms with van der Waals surface area (Å²) in [5.74, 6) is 0. The fraction of sp³-hybridized carbons (Fsp3) is 0.273. The summed E-state index contributed by atoms with van der Waals surface area (Å²) < 4.78 is 5.17. The Morgan fingerprint density at radius 1 is 1.29 bits per heavy atom. The van der Waals surface area contributed by atoms with E-state index in [-0.39, 0.29) is 40.1 Å². The molecule has 0 amide bonds. The van der Waals surface area contributed by atoms with Gasteiger partial charge in [-0.3, -0.25) is 4.98 Å². The van der Waals surface area contributed by atoms with Crippen molar-refractivity contribution in [3.05, 3.63) is 36.6 Å². The van der Waals surface area contributed by atoms with Crippen molar-refractivity contribution in [2.45, 2.75) is 20.8 Å². The Labute approximate surface area is 110 Å². The Balaban J connectivity index is 0.000000845. The third kappa shape index (κ3) is 2.24. The van der Waals surface area contributed by atoms with Crippen LogP contribution in [0.2, 0.25) is 0 Å². The molecule has 2 nitrogen and oxygen atoms in total. The molecular formula is C11H13NOY-2. The van der Waals surface area contributed by atoms with Gasteiger partial charge in [-0.15, -0.1) is 16.5 Å². The predicted molar refractivity (Wildman–Crippen MR) is 53.5 cm³/mol. The van der Waals surface area contributed by atoms with Crippen LogP contribution in [0.25, 0.3) is 11.1 Å². The van der Waals surface area contributed by atoms with E-state index in [4.69, 9.17) is 4.42 Å². The predicted octanol–water partition coefficient (Wildman–Crippen LogP) is 3.00. The molecule has 1 radical (unpaired) electrons. The van der Waals surface area contributed by atoms with E-state index in [2.05, 4.69) is 24.2 Å². The Morgan fingerprint density at radius 2 is 1.93 bits per heavy atom. The van der Waals surface area contributed by atoms with E-state index in [1.807, 2.05) is 13.8 Å². The zero-order chi connectivity index (χ0) is 8.72. The SMILES string of the molecule is Cc1cc(C)c2c(C)[c-]oc2n1.[CH3-].[Y]. The Kier molecular flexibility index (Phi) is 4.96. The molecule has 14 heavy (non-hydrogen) atoms. The number of aromatic nitrogens is 1. The van der Waals surface area contributed by atoms with Gasteiger partial charge in [0.2, 0.25) is 0 Å². The normalized spacial score (nSPS) is 9.36. The summed E-state index contributed by atoms with van der Waals surface area (Å²) in [5.41, 5.74) is 3.93. The van der Waals surface area contributed by atoms with Crippen molar-refractivity contribution >= 4 is 11.1 Å². The zero-order valence-corrected chi connectivity index (χ0v) is 11.8. The number of nitrogens with zero attached hydrogens (tertiary/aromatic N) is 1. The van der Waals surface area contributed by atoms with Gasteiger partial charge in [-0.2, -0.15) is 0 Å². The minimum absolute atomic E-state index is 0. The van der Waals surface area contributed by atoms with Gasteiger partial charge >= 0.3 is 0 Å². The molecule has 3 heteroatoms. The van der Waals surface area contributed by atoms with E-state index in [1.54, 1.807) is 0 Å². The van der Waals surface area contributed by atoms with Gasteiger partial charge in [-0.05, 0) is 13.2 Å². The van der Waals surface area contributed by atoms with Gasteiger partial charge in [0.25, 0.3) is 0 Å². The first-order valence-electron chi connectivity index (χ1n) is 3.93. The average molecular weight is 264 g/mol. The minimum Gasteiger partial charge on any atom is -0.575 e. The number of rotatable bonds is 0. The number of furan rings is 1. The van der Waals surface area contributed by atoms with Gasteiger partial charge in [0.1, 0.15) is 0 Å². The van der Waals surface area contributed by atoms with Gasteiger partial charge in [-0.1, -0.05) is 19.9 Å². The molecule has 0 unspecified atom stereocenters. The minimum atomic E-state index is 0. The second-order valence-corrected chi connectivity index (χ2v) is 3.09. The van der Waals surface area contributed by atoms with Crippen LogP contribution in [0, 0.1) is 34.5 Å². The number of hydrogen-bond acceptors (Lipinski definition) is 2. The van der Waals surface area contributed by atoms with Gasteiger partial charge in [-0.25, -0.2) is 0 Å². The maximum absolute atomic E-state index is 5.17. The van der Waals surface area contributed by atoms with Crippen LogP contribution in [0.5, 0.6) is 0 Å². The molecule has 0 aliphatic rings. The molecule has 73 valence electrons. The van der Waals surface area contributed by atoms with E-state index in [9.17, 15) is 0 Å². The van der Waals surface area contributed by atoms with Crippen LogP contribution in [0.3, 0.4) is 0 Å². The molecule has 2 heterocycles. The Hall–Kier alpha value is -0.206. The first kappa shape index (κ1) is 13.8. The standard InChI is InChI=1S/C10H10NO.CH3.Y/c1-6-4-8(3)11-10-9(6)7(2)5-12-10;;/h4H,1-3H3;1H3;/q2*-1;. The summed E-state index contributed by atoms with van der Waals surface area (Å²) in [6, 6.07) is 2.05. The second-order valence-electron chi connectivity index (χ2n) is 3.09. The van der Waals surface area contributed by atoms with E-state index < -0.39 is 0 Å². The summed E-state index contributed by atoms with van der Waals surface area (Å²) in [7, 11) is 0. The summed E-state index contributed by atoms with van der Waals surface area (Å²) in [4.78, 5) is 4.26. The van der Waals surface area contributed by atoms with Crippen molar-refractivity contribution in [2.24, 2.45) is 0 Å². The van der Waals surface area contributed by atoms with E-state index in [0.29, 0.717) is 5.71 Å². The fourth-order valence-electron chi connectivity index (χ4n) is 1.51. The molecule has 0 saturated heterocycles. The molecule has 0 aliphatic carbocycles. The molecular weight excluding hydrogens is 251 g/mol. The van der Waals surface area contributed by atoms with Crippen LogP contribution in [-0.2, 0) is 32.7 Å². The van der Waals surface area contributed by atoms with E-state index >= 15 is 0 Å². The Morgan fingerprint density at radius 3 is 2.57 bits per heavy atom. The Bertz CT molecular complexity index is 434. The molecule has 0 aliphatic heterocycles. The van der Waals surface area contributed by atoms with Crippen molar-refractivity contribution in [2.75, 3.05) is 0 Å². The van der Waals surface area contributed by atoms with Crippen LogP contribution in [-0.4, -0.2) is 4.98 Å². The molecule has 2 aromatic rings. The monoisotopic (exact) mass is 264 g/mol. The number of fused-ring (bicyclic) bond motifs is 1. The van der Waals surface area contributed by atoms with E-state index in [1.165, 1.54) is 5.56 Å². The first-order valence-corrected chi connectivity index (χ1v) is 3.93. The smallest absolute Gasteiger partial charge is 0.0635 e. The summed E-state index contributed by atoms with van der Waals surface area (Å²) >= 11 is 0. The number of pyridine rings is 1. The van der Waals surface area contributed by atoms with Crippen LogP contribution in [0.1, 0.15) is 16.8 Å². The average Bonchev–Trinajstić information content (AvgIpc) is 2.31. The summed E-state index contributed by atoms with van der Waals surface area (Å²) in [6.45, 7) is 6.01. The largest absolute Gasteiger partial charge is 0.575 e. The van der Waals surface area contributed by atoms with Crippen molar-refractivity contribution in [3.8, 4) is 0 Å². The second kappa shape index (κ2) is 5.04. The first-order chi connectivity index (χ1) is 5.68. The van der Waals surface area contributed by atoms with E-state index in [0.717, 1.165) is 16.6 Å². The van der Waals surface area contributed by atoms with Crippen LogP contribution < -0.4 is 0 Å². The van der Waals surface area contributed by atoms with Crippen molar-refractivity contribution < 1.29 is 37.1 Å². The van der Waals surface area contributed by atoms with Crippen LogP contribution >= 0.6 is 0 Å². The molecule has 2 rings (SSSR count). The maximum Gasteiger partial charge on any atom is 0.0635 e. The summed E-state index contributed by atoms with van der Waals surface area (Å²) in [6.07, 6.45) is 2.81. The molecule has 0 bridgehead atoms. The van der Waals surface area contributed by atoms with Gasteiger partial charge in [0.15, 0.2) is 0 Å². The third-order valence-corrected chi connectivity index (χ3v) is 1.99. The molecule has 0 atom stereocenters. The molecule has 0 fully saturated rings. The maximum atomic E-state index is 5.17. The number of hydrogen-bond donors (Lipinski definition) is 0. The molecule has 0 N–H and O–H groups in total. The zero-order valence-electron chi connectivity index (χ0n) is 9.01. The molecule has 0 saturated carbocycles. The molecule has 2 aromatic heterocycles. The van der Waals surface area contributed by atoms with Crippen molar-refractivity contribution in [1.29, 1.82) is 0 Å². The molecule has 0 aromatic carbocycles. The quantitative estimate of drug-likeness (QED) is 0.683. The van der Waals surface area contributed by atoms with Crippen molar-refractivity contribution in [1.82, 2.24) is 4.98 Å². The van der Waals surface area contributed by atoms with Gasteiger partial charge in [0, 0.05) is 38.4 Å². The fourth-order valence-corrected chi connectivity index (χ4v) is 1.51. The van der Waals surface area contributed by atoms with Gasteiger partial charge in [0.05, 0.1) is 5.71 Å². The number of aryl methyl sites for hydroxylation is 3. The van der Waals surface area contributed by atoms with Gasteiger partial charge < -0.3 is 11.8 Å². The third-order valence-electron chi connectivity index (χ3n) is 1.99. The van der Waals surface area contributed by atoms with Crippen LogP contribution in [0.4, 0.5) is 0 Å².